The molecule has 1 aliphatic rings. The number of phenols is 1. The Kier molecular flexibility index (Phi) is 7.17. The largest absolute Gasteiger partial charge is 0.507 e. The van der Waals surface area contributed by atoms with Crippen molar-refractivity contribution in [2.45, 2.75) is 45.7 Å². The third-order valence-electron chi connectivity index (χ3n) is 5.16. The van der Waals surface area contributed by atoms with Gasteiger partial charge in [0.15, 0.2) is 0 Å². The van der Waals surface area contributed by atoms with Crippen molar-refractivity contribution in [1.29, 1.82) is 0 Å². The molecule has 1 aliphatic heterocycles. The smallest absolute Gasteiger partial charge is 0.242 e. The van der Waals surface area contributed by atoms with Crippen LogP contribution in [-0.2, 0) is 4.79 Å². The molecular formula is C21H30N6O3. The Morgan fingerprint density at radius 2 is 2.13 bits per heavy atom. The molecular weight excluding hydrogens is 384 g/mol. The molecule has 0 spiro atoms. The van der Waals surface area contributed by atoms with Crippen LogP contribution in [0.25, 0.3) is 11.3 Å². The lowest BCUT2D eigenvalue weighted by Crippen LogP contribution is -2.48. The maximum absolute atomic E-state index is 12.1. The van der Waals surface area contributed by atoms with E-state index < -0.39 is 0 Å². The van der Waals surface area contributed by atoms with Gasteiger partial charge in [-0.3, -0.25) is 9.69 Å². The molecule has 2 heterocycles. The van der Waals surface area contributed by atoms with Crippen molar-refractivity contribution in [2.24, 2.45) is 0 Å². The molecule has 1 amide bonds. The van der Waals surface area contributed by atoms with E-state index in [1.165, 1.54) is 0 Å². The standard InChI is InChI=1S/C21H30N6O3/c1-13-7-14(2)20(18(29)8-13)17-9-22-21(26-25-17)24-16-5-4-6-27(10-16)11-19(30)23-15(3)12-28/h7-9,15-16,28-29H,4-6,10-12H2,1-3H3,(H,23,30)(H,22,24,26)/t15-,16+/m0/s1. The number of amides is 1. The van der Waals surface area contributed by atoms with Crippen LogP contribution in [0.15, 0.2) is 18.3 Å². The number of hydrogen-bond acceptors (Lipinski definition) is 8. The summed E-state index contributed by atoms with van der Waals surface area (Å²) >= 11 is 0. The highest BCUT2D eigenvalue weighted by Gasteiger charge is 2.23. The van der Waals surface area contributed by atoms with Crippen molar-refractivity contribution in [3.63, 3.8) is 0 Å². The van der Waals surface area contributed by atoms with Gasteiger partial charge in [0.25, 0.3) is 0 Å². The van der Waals surface area contributed by atoms with Gasteiger partial charge < -0.3 is 20.8 Å². The SMILES string of the molecule is Cc1cc(C)c(-c2cnc(N[C@@H]3CCCN(CC(=O)N[C@@H](C)CO)C3)nn2)c(O)c1. The van der Waals surface area contributed by atoms with Gasteiger partial charge in [-0.05, 0) is 57.4 Å². The van der Waals surface area contributed by atoms with Gasteiger partial charge >= 0.3 is 0 Å². The number of anilines is 1. The molecule has 0 bridgehead atoms. The third-order valence-corrected chi connectivity index (χ3v) is 5.16. The summed E-state index contributed by atoms with van der Waals surface area (Å²) in [6.45, 7) is 7.39. The van der Waals surface area contributed by atoms with Crippen molar-refractivity contribution < 1.29 is 15.0 Å². The van der Waals surface area contributed by atoms with Gasteiger partial charge in [0.1, 0.15) is 11.4 Å². The number of likely N-dealkylation sites (tertiary alicyclic amines) is 1. The molecule has 1 aromatic carbocycles. The van der Waals surface area contributed by atoms with Crippen LogP contribution in [0.5, 0.6) is 5.75 Å². The Labute approximate surface area is 176 Å². The summed E-state index contributed by atoms with van der Waals surface area (Å²) in [5, 5.41) is 33.8. The zero-order valence-corrected chi connectivity index (χ0v) is 17.7. The number of carbonyl (C=O) groups excluding carboxylic acids is 1. The summed E-state index contributed by atoms with van der Waals surface area (Å²) in [4.78, 5) is 18.5. The highest BCUT2D eigenvalue weighted by Crippen LogP contribution is 2.31. The second-order valence-electron chi connectivity index (χ2n) is 8.01. The molecule has 9 heteroatoms. The zero-order chi connectivity index (χ0) is 21.7. The molecule has 4 N–H and O–H groups in total. The molecule has 0 unspecified atom stereocenters. The molecule has 0 aliphatic carbocycles. The summed E-state index contributed by atoms with van der Waals surface area (Å²) in [6.07, 6.45) is 3.52. The number of rotatable bonds is 7. The number of piperidine rings is 1. The van der Waals surface area contributed by atoms with Crippen molar-refractivity contribution in [2.75, 3.05) is 31.6 Å². The van der Waals surface area contributed by atoms with Gasteiger partial charge in [-0.25, -0.2) is 4.98 Å². The summed E-state index contributed by atoms with van der Waals surface area (Å²) in [7, 11) is 0. The minimum atomic E-state index is -0.245. The van der Waals surface area contributed by atoms with Gasteiger partial charge in [0, 0.05) is 24.2 Å². The van der Waals surface area contributed by atoms with E-state index in [9.17, 15) is 9.90 Å². The minimum Gasteiger partial charge on any atom is -0.507 e. The molecule has 3 rings (SSSR count). The average Bonchev–Trinajstić information content (AvgIpc) is 2.68. The molecule has 9 nitrogen and oxygen atoms in total. The average molecular weight is 415 g/mol. The predicted octanol–water partition coefficient (Wildman–Crippen LogP) is 1.23. The molecule has 30 heavy (non-hydrogen) atoms. The number of benzene rings is 1. The first-order valence-corrected chi connectivity index (χ1v) is 10.2. The molecule has 1 fully saturated rings. The van der Waals surface area contributed by atoms with E-state index in [0.29, 0.717) is 30.3 Å². The zero-order valence-electron chi connectivity index (χ0n) is 17.7. The highest BCUT2D eigenvalue weighted by molar-refractivity contribution is 5.78. The number of aromatic nitrogens is 3. The number of aliphatic hydroxyl groups is 1. The van der Waals surface area contributed by atoms with Gasteiger partial charge in [0.05, 0.1) is 19.3 Å². The Morgan fingerprint density at radius 3 is 2.80 bits per heavy atom. The number of phenolic OH excluding ortho intramolecular Hbond substituents is 1. The quantitative estimate of drug-likeness (QED) is 0.534. The fraction of sp³-hybridized carbons (Fsp3) is 0.524. The minimum absolute atomic E-state index is 0.0733. The Bertz CT molecular complexity index is 851. The molecule has 1 saturated heterocycles. The first kappa shape index (κ1) is 21.9. The molecule has 162 valence electrons. The number of nitrogens with zero attached hydrogens (tertiary/aromatic N) is 4. The van der Waals surface area contributed by atoms with Crippen molar-refractivity contribution >= 4 is 11.9 Å². The maximum Gasteiger partial charge on any atom is 0.242 e. The summed E-state index contributed by atoms with van der Waals surface area (Å²) in [6, 6.07) is 3.55. The highest BCUT2D eigenvalue weighted by atomic mass is 16.3. The van der Waals surface area contributed by atoms with Crippen molar-refractivity contribution in [3.8, 4) is 17.0 Å². The first-order valence-electron chi connectivity index (χ1n) is 10.2. The van der Waals surface area contributed by atoms with E-state index in [-0.39, 0.29) is 30.3 Å². The van der Waals surface area contributed by atoms with Crippen molar-refractivity contribution in [3.05, 3.63) is 29.5 Å². The lowest BCUT2D eigenvalue weighted by molar-refractivity contribution is -0.123. The van der Waals surface area contributed by atoms with Crippen LogP contribution < -0.4 is 10.6 Å². The number of carbonyl (C=O) groups is 1. The summed E-state index contributed by atoms with van der Waals surface area (Å²) < 4.78 is 0. The predicted molar refractivity (Wildman–Crippen MR) is 114 cm³/mol. The maximum atomic E-state index is 12.1. The van der Waals surface area contributed by atoms with E-state index in [1.807, 2.05) is 19.9 Å². The van der Waals surface area contributed by atoms with E-state index in [4.69, 9.17) is 5.11 Å². The van der Waals surface area contributed by atoms with Crippen LogP contribution in [0.4, 0.5) is 5.95 Å². The van der Waals surface area contributed by atoms with Crippen LogP contribution in [0.2, 0.25) is 0 Å². The molecule has 2 aromatic rings. The van der Waals surface area contributed by atoms with Crippen molar-refractivity contribution in [1.82, 2.24) is 25.4 Å². The summed E-state index contributed by atoms with van der Waals surface area (Å²) in [5.41, 5.74) is 3.06. The first-order chi connectivity index (χ1) is 14.4. The number of aliphatic hydroxyl groups excluding tert-OH is 1. The van der Waals surface area contributed by atoms with E-state index in [2.05, 4.69) is 30.7 Å². The third kappa shape index (κ3) is 5.64. The van der Waals surface area contributed by atoms with E-state index >= 15 is 0 Å². The fourth-order valence-corrected chi connectivity index (χ4v) is 3.80. The number of nitrogens with one attached hydrogen (secondary N) is 2. The monoisotopic (exact) mass is 414 g/mol. The van der Waals surface area contributed by atoms with Crippen LogP contribution in [0.3, 0.4) is 0 Å². The Morgan fingerprint density at radius 1 is 1.33 bits per heavy atom. The number of hydrogen-bond donors (Lipinski definition) is 4. The van der Waals surface area contributed by atoms with Gasteiger partial charge in [0.2, 0.25) is 11.9 Å². The Hall–Kier alpha value is -2.78. The van der Waals surface area contributed by atoms with Gasteiger partial charge in [-0.15, -0.1) is 10.2 Å². The molecule has 0 radical (unpaired) electrons. The van der Waals surface area contributed by atoms with E-state index in [1.54, 1.807) is 19.2 Å². The van der Waals surface area contributed by atoms with Gasteiger partial charge in [-0.1, -0.05) is 6.07 Å². The lowest BCUT2D eigenvalue weighted by atomic mass is 10.0. The van der Waals surface area contributed by atoms with Crippen LogP contribution in [0, 0.1) is 13.8 Å². The van der Waals surface area contributed by atoms with Crippen LogP contribution in [0.1, 0.15) is 30.9 Å². The van der Waals surface area contributed by atoms with Crippen LogP contribution >= 0.6 is 0 Å². The molecule has 1 aromatic heterocycles. The topological polar surface area (TPSA) is 124 Å². The number of aromatic hydroxyl groups is 1. The molecule has 2 atom stereocenters. The molecule has 0 saturated carbocycles. The second-order valence-corrected chi connectivity index (χ2v) is 8.01. The number of aryl methyl sites for hydroxylation is 2. The summed E-state index contributed by atoms with van der Waals surface area (Å²) in [5.74, 6) is 0.502. The lowest BCUT2D eigenvalue weighted by Gasteiger charge is -2.32. The van der Waals surface area contributed by atoms with Crippen LogP contribution in [-0.4, -0.2) is 74.5 Å². The fourth-order valence-electron chi connectivity index (χ4n) is 3.80. The second kappa shape index (κ2) is 9.82. The Balaban J connectivity index is 1.60. The van der Waals surface area contributed by atoms with E-state index in [0.717, 1.165) is 30.5 Å². The normalized spacial score (nSPS) is 18.1. The van der Waals surface area contributed by atoms with Gasteiger partial charge in [-0.2, -0.15) is 0 Å².